The van der Waals surface area contributed by atoms with Crippen LogP contribution in [0.5, 0.6) is 0 Å². The van der Waals surface area contributed by atoms with Gasteiger partial charge < -0.3 is 15.5 Å². The van der Waals surface area contributed by atoms with Gasteiger partial charge in [-0.25, -0.2) is 0 Å². The topological polar surface area (TPSA) is 52.8 Å². The van der Waals surface area contributed by atoms with Gasteiger partial charge in [0.25, 0.3) is 0 Å². The first-order valence-electron chi connectivity index (χ1n) is 9.40. The van der Waals surface area contributed by atoms with E-state index in [9.17, 15) is 4.79 Å². The molecule has 2 saturated heterocycles. The Kier molecular flexibility index (Phi) is 6.57. The SMILES string of the molecule is NCCCC(=O)N1CCC[C@H](N2CCN(c3cccc(Cl)c3)CC2)C1. The molecule has 2 aliphatic heterocycles. The molecule has 0 bridgehead atoms. The van der Waals surface area contributed by atoms with Crippen LogP contribution in [0.2, 0.25) is 5.02 Å². The minimum absolute atomic E-state index is 0.271. The highest BCUT2D eigenvalue weighted by Crippen LogP contribution is 2.23. The first kappa shape index (κ1) is 18.5. The molecule has 1 aromatic carbocycles. The van der Waals surface area contributed by atoms with E-state index in [1.165, 1.54) is 12.1 Å². The maximum atomic E-state index is 12.3. The Morgan fingerprint density at radius 3 is 2.72 bits per heavy atom. The zero-order chi connectivity index (χ0) is 17.6. The van der Waals surface area contributed by atoms with Crippen molar-refractivity contribution in [2.24, 2.45) is 5.73 Å². The Morgan fingerprint density at radius 2 is 2.00 bits per heavy atom. The molecular formula is C19H29ClN4O. The van der Waals surface area contributed by atoms with Crippen LogP contribution in [0.1, 0.15) is 25.7 Å². The molecule has 1 atom stereocenters. The molecule has 5 nitrogen and oxygen atoms in total. The Hall–Kier alpha value is -1.30. The molecule has 0 aromatic heterocycles. The van der Waals surface area contributed by atoms with E-state index in [4.69, 9.17) is 17.3 Å². The molecule has 0 radical (unpaired) electrons. The van der Waals surface area contributed by atoms with Gasteiger partial charge in [-0.3, -0.25) is 9.69 Å². The largest absolute Gasteiger partial charge is 0.369 e. The van der Waals surface area contributed by atoms with E-state index in [1.807, 2.05) is 23.1 Å². The number of nitrogens with two attached hydrogens (primary N) is 1. The van der Waals surface area contributed by atoms with Gasteiger partial charge in [0.05, 0.1) is 0 Å². The van der Waals surface area contributed by atoms with Gasteiger partial charge in [0.2, 0.25) is 5.91 Å². The predicted octanol–water partition coefficient (Wildman–Crippen LogP) is 2.19. The Labute approximate surface area is 155 Å². The van der Waals surface area contributed by atoms with Crippen molar-refractivity contribution in [1.29, 1.82) is 0 Å². The number of rotatable bonds is 5. The number of carbonyl (C=O) groups is 1. The molecule has 3 rings (SSSR count). The van der Waals surface area contributed by atoms with Crippen LogP contribution in [0, 0.1) is 0 Å². The summed E-state index contributed by atoms with van der Waals surface area (Å²) in [6.07, 6.45) is 3.68. The average molecular weight is 365 g/mol. The first-order valence-corrected chi connectivity index (χ1v) is 9.77. The number of likely N-dealkylation sites (tertiary alicyclic amines) is 1. The fraction of sp³-hybridized carbons (Fsp3) is 0.632. The molecule has 1 amide bonds. The molecule has 2 aliphatic rings. The summed E-state index contributed by atoms with van der Waals surface area (Å²) < 4.78 is 0. The summed E-state index contributed by atoms with van der Waals surface area (Å²) in [5, 5.41) is 0.791. The van der Waals surface area contributed by atoms with Gasteiger partial charge in [-0.05, 0) is 44.0 Å². The number of anilines is 1. The second-order valence-corrected chi connectivity index (χ2v) is 7.47. The molecule has 25 heavy (non-hydrogen) atoms. The van der Waals surface area contributed by atoms with Crippen LogP contribution in [-0.2, 0) is 4.79 Å². The standard InChI is InChI=1S/C19H29ClN4O/c20-16-4-1-5-17(14-16)22-10-12-23(13-11-22)18-6-3-9-24(15-18)19(25)7-2-8-21/h1,4-5,14,18H,2-3,6-13,15,21H2/t18-/m0/s1. The van der Waals surface area contributed by atoms with Crippen molar-refractivity contribution in [3.63, 3.8) is 0 Å². The Balaban J connectivity index is 1.51. The van der Waals surface area contributed by atoms with Crippen LogP contribution in [-0.4, -0.2) is 67.6 Å². The molecule has 6 heteroatoms. The van der Waals surface area contributed by atoms with Crippen LogP contribution >= 0.6 is 11.6 Å². The highest BCUT2D eigenvalue weighted by molar-refractivity contribution is 6.30. The number of hydrogen-bond donors (Lipinski definition) is 1. The molecule has 138 valence electrons. The van der Waals surface area contributed by atoms with Crippen LogP contribution in [0.4, 0.5) is 5.69 Å². The fourth-order valence-electron chi connectivity index (χ4n) is 3.91. The van der Waals surface area contributed by atoms with E-state index in [1.54, 1.807) is 0 Å². The lowest BCUT2D eigenvalue weighted by Crippen LogP contribution is -2.55. The monoisotopic (exact) mass is 364 g/mol. The summed E-state index contributed by atoms with van der Waals surface area (Å²) in [4.78, 5) is 19.3. The molecule has 0 saturated carbocycles. The van der Waals surface area contributed by atoms with E-state index in [-0.39, 0.29) is 5.91 Å². The maximum absolute atomic E-state index is 12.3. The van der Waals surface area contributed by atoms with Crippen molar-refractivity contribution in [3.8, 4) is 0 Å². The lowest BCUT2D eigenvalue weighted by atomic mass is 10.0. The second-order valence-electron chi connectivity index (χ2n) is 7.03. The van der Waals surface area contributed by atoms with E-state index in [0.717, 1.165) is 57.1 Å². The number of carbonyl (C=O) groups excluding carboxylic acids is 1. The third-order valence-corrected chi connectivity index (χ3v) is 5.58. The number of hydrogen-bond acceptors (Lipinski definition) is 4. The normalized spacial score (nSPS) is 22.2. The molecule has 0 aliphatic carbocycles. The number of nitrogens with zero attached hydrogens (tertiary/aromatic N) is 3. The van der Waals surface area contributed by atoms with Crippen LogP contribution < -0.4 is 10.6 Å². The number of piperidine rings is 1. The van der Waals surface area contributed by atoms with Gasteiger partial charge in [0.15, 0.2) is 0 Å². The van der Waals surface area contributed by atoms with Crippen LogP contribution in [0.15, 0.2) is 24.3 Å². The van der Waals surface area contributed by atoms with Crippen molar-refractivity contribution in [2.75, 3.05) is 50.7 Å². The van der Waals surface area contributed by atoms with Gasteiger partial charge in [-0.1, -0.05) is 17.7 Å². The number of benzene rings is 1. The molecule has 2 fully saturated rings. The lowest BCUT2D eigenvalue weighted by Gasteiger charge is -2.44. The molecule has 0 unspecified atom stereocenters. The average Bonchev–Trinajstić information content (AvgIpc) is 2.66. The van der Waals surface area contributed by atoms with Gasteiger partial charge in [-0.2, -0.15) is 0 Å². The van der Waals surface area contributed by atoms with Crippen molar-refractivity contribution in [2.45, 2.75) is 31.7 Å². The van der Waals surface area contributed by atoms with Crippen LogP contribution in [0.25, 0.3) is 0 Å². The molecule has 2 heterocycles. The zero-order valence-electron chi connectivity index (χ0n) is 14.9. The minimum atomic E-state index is 0.271. The summed E-state index contributed by atoms with van der Waals surface area (Å²) in [7, 11) is 0. The number of halogens is 1. The van der Waals surface area contributed by atoms with Gasteiger partial charge in [0.1, 0.15) is 0 Å². The highest BCUT2D eigenvalue weighted by Gasteiger charge is 2.29. The lowest BCUT2D eigenvalue weighted by molar-refractivity contribution is -0.133. The smallest absolute Gasteiger partial charge is 0.222 e. The molecule has 1 aromatic rings. The molecule has 2 N–H and O–H groups in total. The Bertz CT molecular complexity index is 574. The van der Waals surface area contributed by atoms with Crippen molar-refractivity contribution in [1.82, 2.24) is 9.80 Å². The summed E-state index contributed by atoms with van der Waals surface area (Å²) >= 11 is 6.11. The fourth-order valence-corrected chi connectivity index (χ4v) is 4.09. The summed E-state index contributed by atoms with van der Waals surface area (Å²) in [5.41, 5.74) is 6.73. The maximum Gasteiger partial charge on any atom is 0.222 e. The minimum Gasteiger partial charge on any atom is -0.369 e. The number of amides is 1. The third kappa shape index (κ3) is 4.87. The van der Waals surface area contributed by atoms with Gasteiger partial charge in [-0.15, -0.1) is 0 Å². The van der Waals surface area contributed by atoms with Crippen molar-refractivity contribution in [3.05, 3.63) is 29.3 Å². The summed E-state index contributed by atoms with van der Waals surface area (Å²) in [6.45, 7) is 6.48. The quantitative estimate of drug-likeness (QED) is 0.870. The summed E-state index contributed by atoms with van der Waals surface area (Å²) in [5.74, 6) is 0.271. The molecular weight excluding hydrogens is 336 g/mol. The van der Waals surface area contributed by atoms with Crippen molar-refractivity contribution < 1.29 is 4.79 Å². The second kappa shape index (κ2) is 8.88. The zero-order valence-corrected chi connectivity index (χ0v) is 15.6. The highest BCUT2D eigenvalue weighted by atomic mass is 35.5. The van der Waals surface area contributed by atoms with Gasteiger partial charge >= 0.3 is 0 Å². The van der Waals surface area contributed by atoms with E-state index in [2.05, 4.69) is 15.9 Å². The summed E-state index contributed by atoms with van der Waals surface area (Å²) in [6, 6.07) is 8.59. The predicted molar refractivity (Wildman–Crippen MR) is 103 cm³/mol. The van der Waals surface area contributed by atoms with E-state index < -0.39 is 0 Å². The first-order chi connectivity index (χ1) is 12.2. The van der Waals surface area contributed by atoms with E-state index >= 15 is 0 Å². The van der Waals surface area contributed by atoms with Gasteiger partial charge in [0, 0.05) is 62.4 Å². The molecule has 0 spiro atoms. The van der Waals surface area contributed by atoms with Crippen molar-refractivity contribution >= 4 is 23.2 Å². The van der Waals surface area contributed by atoms with Crippen LogP contribution in [0.3, 0.4) is 0 Å². The third-order valence-electron chi connectivity index (χ3n) is 5.35. The van der Waals surface area contributed by atoms with E-state index in [0.29, 0.717) is 19.0 Å². The number of piperazine rings is 1. The Morgan fingerprint density at radius 1 is 1.20 bits per heavy atom.